The van der Waals surface area contributed by atoms with Gasteiger partial charge in [-0.1, -0.05) is 109 Å². The highest BCUT2D eigenvalue weighted by Gasteiger charge is 2.35. The van der Waals surface area contributed by atoms with Crippen LogP contribution in [0, 0.1) is 49.3 Å². The van der Waals surface area contributed by atoms with Gasteiger partial charge in [0.15, 0.2) is 17.1 Å². The largest absolute Gasteiger partial charge is 0.417 e. The molecule has 0 aliphatic heterocycles. The minimum absolute atomic E-state index is 0.0326. The summed E-state index contributed by atoms with van der Waals surface area (Å²) in [6.45, 7) is 25.0. The van der Waals surface area contributed by atoms with Crippen molar-refractivity contribution < 1.29 is 13.2 Å². The molecular formula is C73H40F3N7. The summed E-state index contributed by atoms with van der Waals surface area (Å²) in [5, 5.41) is 24.2. The van der Waals surface area contributed by atoms with Gasteiger partial charge in [-0.25, -0.2) is 14.5 Å². The van der Waals surface area contributed by atoms with Crippen LogP contribution in [0.5, 0.6) is 0 Å². The van der Waals surface area contributed by atoms with Crippen LogP contribution in [0.3, 0.4) is 0 Å². The van der Waals surface area contributed by atoms with E-state index in [0.29, 0.717) is 61.8 Å². The van der Waals surface area contributed by atoms with Crippen molar-refractivity contribution in [2.75, 3.05) is 0 Å². The first-order chi connectivity index (χ1) is 40.4. The van der Waals surface area contributed by atoms with Gasteiger partial charge in [-0.3, -0.25) is 0 Å². The molecule has 0 saturated carbocycles. The Morgan fingerprint density at radius 2 is 0.735 bits per heavy atom. The van der Waals surface area contributed by atoms with Crippen molar-refractivity contribution in [2.24, 2.45) is 0 Å². The lowest BCUT2D eigenvalue weighted by molar-refractivity contribution is -0.137. The molecule has 0 unspecified atom stereocenters. The molecule has 0 aliphatic rings. The van der Waals surface area contributed by atoms with Gasteiger partial charge in [-0.05, 0) is 183 Å². The van der Waals surface area contributed by atoms with Crippen molar-refractivity contribution in [1.29, 1.82) is 10.5 Å². The van der Waals surface area contributed by atoms with Crippen LogP contribution in [0.25, 0.3) is 136 Å². The van der Waals surface area contributed by atoms with Gasteiger partial charge < -0.3 is 9.13 Å². The predicted octanol–water partition coefficient (Wildman–Crippen LogP) is 20.6. The Labute approximate surface area is 475 Å². The van der Waals surface area contributed by atoms with Crippen molar-refractivity contribution in [3.05, 3.63) is 281 Å². The highest BCUT2D eigenvalue weighted by atomic mass is 19.4. The minimum Gasteiger partial charge on any atom is -0.309 e. The molecule has 0 fully saturated rings. The number of rotatable bonds is 8. The average Bonchev–Trinajstić information content (AvgIpc) is 3.18. The monoisotopic (exact) mass is 1070 g/mol. The van der Waals surface area contributed by atoms with E-state index >= 15 is 13.2 Å². The fourth-order valence-electron chi connectivity index (χ4n) is 11.7. The SMILES string of the molecule is [C-]#[N+]c1cccc(-c2ccc3c(c2)c2cc(-c4cccc(C#N)c4)ccc2n3-c2ccc(C#N)cc2-c2cc(-c3c(C)cccc3C(F)(F)F)ccc2-n2c3ccc(-c4cccc([N+]#[C-])c4)cc3c3cc(-c4cccc([N+]#[C-])c4)ccc32)c1. The summed E-state index contributed by atoms with van der Waals surface area (Å²) in [4.78, 5) is 11.1. The molecule has 0 saturated heterocycles. The zero-order valence-corrected chi connectivity index (χ0v) is 44.1. The maximum Gasteiger partial charge on any atom is 0.417 e. The van der Waals surface area contributed by atoms with Gasteiger partial charge in [-0.2, -0.15) is 23.7 Å². The second-order valence-corrected chi connectivity index (χ2v) is 20.3. The molecule has 10 heteroatoms. The first-order valence-electron chi connectivity index (χ1n) is 26.4. The van der Waals surface area contributed by atoms with Crippen LogP contribution in [0.1, 0.15) is 22.3 Å². The highest BCUT2D eigenvalue weighted by molar-refractivity contribution is 6.14. The fourth-order valence-corrected chi connectivity index (χ4v) is 11.7. The fraction of sp³-hybridized carbons (Fsp3) is 0.0274. The van der Waals surface area contributed by atoms with Crippen LogP contribution in [-0.4, -0.2) is 9.13 Å². The summed E-state index contributed by atoms with van der Waals surface area (Å²) in [7, 11) is 0. The minimum atomic E-state index is -4.69. The van der Waals surface area contributed by atoms with Crippen LogP contribution >= 0.6 is 0 Å². The summed E-state index contributed by atoms with van der Waals surface area (Å²) < 4.78 is 50.1. The summed E-state index contributed by atoms with van der Waals surface area (Å²) in [6, 6.07) is 74.1. The lowest BCUT2D eigenvalue weighted by atomic mass is 9.90. The van der Waals surface area contributed by atoms with E-state index in [9.17, 15) is 10.5 Å². The molecule has 388 valence electrons. The van der Waals surface area contributed by atoms with Gasteiger partial charge in [0, 0.05) is 32.7 Å². The summed E-state index contributed by atoms with van der Waals surface area (Å²) >= 11 is 0. The molecule has 0 bridgehead atoms. The van der Waals surface area contributed by atoms with Gasteiger partial charge in [0.25, 0.3) is 0 Å². The van der Waals surface area contributed by atoms with Crippen molar-refractivity contribution in [3.63, 3.8) is 0 Å². The van der Waals surface area contributed by atoms with Gasteiger partial charge in [0.2, 0.25) is 0 Å². The lowest BCUT2D eigenvalue weighted by Gasteiger charge is -2.21. The molecule has 11 aromatic carbocycles. The Kier molecular flexibility index (Phi) is 12.3. The van der Waals surface area contributed by atoms with Crippen LogP contribution in [0.4, 0.5) is 30.2 Å². The maximum absolute atomic E-state index is 15.3. The summed E-state index contributed by atoms with van der Waals surface area (Å²) in [5.41, 5.74) is 14.8. The van der Waals surface area contributed by atoms with Crippen molar-refractivity contribution in [2.45, 2.75) is 13.1 Å². The van der Waals surface area contributed by atoms with Crippen molar-refractivity contribution in [3.8, 4) is 90.3 Å². The topological polar surface area (TPSA) is 70.5 Å². The molecule has 13 rings (SSSR count). The lowest BCUT2D eigenvalue weighted by Crippen LogP contribution is -2.08. The molecule has 0 amide bonds. The molecule has 0 atom stereocenters. The van der Waals surface area contributed by atoms with E-state index < -0.39 is 11.7 Å². The second-order valence-electron chi connectivity index (χ2n) is 20.3. The number of aryl methyl sites for hydroxylation is 1. The molecule has 7 nitrogen and oxygen atoms in total. The van der Waals surface area contributed by atoms with E-state index in [4.69, 9.17) is 19.7 Å². The number of fused-ring (bicyclic) bond motifs is 6. The number of aromatic nitrogens is 2. The molecular weight excluding hydrogens is 1030 g/mol. The quantitative estimate of drug-likeness (QED) is 0.142. The van der Waals surface area contributed by atoms with Crippen molar-refractivity contribution in [1.82, 2.24) is 9.13 Å². The van der Waals surface area contributed by atoms with Gasteiger partial charge >= 0.3 is 6.18 Å². The highest BCUT2D eigenvalue weighted by Crippen LogP contribution is 2.47. The van der Waals surface area contributed by atoms with Gasteiger partial charge in [-0.15, -0.1) is 0 Å². The van der Waals surface area contributed by atoms with Crippen molar-refractivity contribution >= 4 is 60.7 Å². The third kappa shape index (κ3) is 8.86. The van der Waals surface area contributed by atoms with E-state index in [2.05, 4.69) is 60.1 Å². The first-order valence-corrected chi connectivity index (χ1v) is 26.4. The van der Waals surface area contributed by atoms with Crippen LogP contribution in [-0.2, 0) is 6.18 Å². The Balaban J connectivity index is 1.13. The Morgan fingerprint density at radius 3 is 1.16 bits per heavy atom. The Bertz CT molecular complexity index is 4890. The van der Waals surface area contributed by atoms with Gasteiger partial charge in [0.1, 0.15) is 0 Å². The number of hydrogen-bond acceptors (Lipinski definition) is 2. The average molecular weight is 1070 g/mol. The van der Waals surface area contributed by atoms with Gasteiger partial charge in [0.05, 0.1) is 82.0 Å². The first kappa shape index (κ1) is 50.7. The number of nitrogens with zero attached hydrogens (tertiary/aromatic N) is 7. The molecule has 13 aromatic rings. The third-order valence-corrected chi connectivity index (χ3v) is 15.5. The number of benzene rings is 11. The van der Waals surface area contributed by atoms with E-state index in [0.717, 1.165) is 94.2 Å². The van der Waals surface area contributed by atoms with E-state index in [1.807, 2.05) is 146 Å². The zero-order chi connectivity index (χ0) is 57.1. The smallest absolute Gasteiger partial charge is 0.309 e. The number of alkyl halides is 3. The second kappa shape index (κ2) is 20.2. The molecule has 2 aromatic heterocycles. The molecule has 0 aliphatic carbocycles. The molecule has 0 N–H and O–H groups in total. The molecule has 0 spiro atoms. The third-order valence-electron chi connectivity index (χ3n) is 15.5. The van der Waals surface area contributed by atoms with E-state index in [1.165, 1.54) is 6.07 Å². The number of halogens is 3. The Hall–Kier alpha value is -11.7. The molecule has 83 heavy (non-hydrogen) atoms. The van der Waals surface area contributed by atoms with Crippen LogP contribution in [0.2, 0.25) is 0 Å². The van der Waals surface area contributed by atoms with Crippen LogP contribution in [0.15, 0.2) is 224 Å². The standard InChI is InChI=1S/C73H40F3N7/c1-44-10-5-19-65(73(74,75)76)72(44)55-25-31-71(83-69-29-23-53(49-14-8-17-57(35-49)80-3)39-62(69)63-40-54(24-30-70(63)83)50-15-9-18-58(36-50)81-4)64(41-55)59-33-46(43-78)20-26-66(59)82-67-27-21-51(47-12-6-11-45(32-47)42-77)37-60(67)61-38-52(22-28-68(61)82)48-13-7-16-56(34-48)79-2/h5-41H,1H3. The molecule has 2 heterocycles. The van der Waals surface area contributed by atoms with E-state index in [-0.39, 0.29) is 5.56 Å². The Morgan fingerprint density at radius 1 is 0.373 bits per heavy atom. The van der Waals surface area contributed by atoms with Crippen LogP contribution < -0.4 is 0 Å². The van der Waals surface area contributed by atoms with E-state index in [1.54, 1.807) is 49.4 Å². The summed E-state index contributed by atoms with van der Waals surface area (Å²) in [6.07, 6.45) is -4.69. The summed E-state index contributed by atoms with van der Waals surface area (Å²) in [5.74, 6) is 0. The zero-order valence-electron chi connectivity index (χ0n) is 44.1. The predicted molar refractivity (Wildman–Crippen MR) is 326 cm³/mol. The number of hydrogen-bond donors (Lipinski definition) is 0. The normalized spacial score (nSPS) is 11.3. The maximum atomic E-state index is 15.3. The number of nitriles is 2. The molecule has 0 radical (unpaired) electrons.